The Hall–Kier alpha value is -2.75. The maximum atomic E-state index is 14.6. The van der Waals surface area contributed by atoms with Crippen molar-refractivity contribution in [3.05, 3.63) is 53.1 Å². The fourth-order valence-corrected chi connectivity index (χ4v) is 4.68. The number of nitrogens with two attached hydrogens (primary N) is 1. The monoisotopic (exact) mass is 419 g/mol. The number of sulfone groups is 1. The normalized spacial score (nSPS) is 22.7. The highest BCUT2D eigenvalue weighted by atomic mass is 32.2. The third kappa shape index (κ3) is 3.76. The lowest BCUT2D eigenvalue weighted by molar-refractivity contribution is 0.0986. The van der Waals surface area contributed by atoms with Gasteiger partial charge in [0.05, 0.1) is 24.1 Å². The molecule has 10 heteroatoms. The van der Waals surface area contributed by atoms with Crippen LogP contribution in [0.3, 0.4) is 0 Å². The van der Waals surface area contributed by atoms with E-state index in [0.717, 1.165) is 6.07 Å². The molecule has 0 spiro atoms. The average Bonchev–Trinajstić information content (AvgIpc) is 2.62. The summed E-state index contributed by atoms with van der Waals surface area (Å²) in [6, 6.07) is 2.52. The molecule has 0 amide bonds. The minimum Gasteiger partial charge on any atom is -0.386 e. The number of Topliss-reactive ketones (excluding diaryl/α,β-unsaturated/α-hetero) is 1. The number of hydrogen-bond donors (Lipinski definition) is 1. The largest absolute Gasteiger partial charge is 0.386 e. The van der Waals surface area contributed by atoms with Crippen LogP contribution in [0.1, 0.15) is 48.3 Å². The summed E-state index contributed by atoms with van der Waals surface area (Å²) in [6.07, 6.45) is 2.70. The predicted octanol–water partition coefficient (Wildman–Crippen LogP) is 1.52. The van der Waals surface area contributed by atoms with E-state index in [9.17, 15) is 17.6 Å². The van der Waals surface area contributed by atoms with Gasteiger partial charge in [0.2, 0.25) is 0 Å². The molecular weight excluding hydrogens is 397 g/mol. The number of aliphatic imine (C=N–C) groups is 1. The number of ketones is 1. The van der Waals surface area contributed by atoms with E-state index in [1.165, 1.54) is 39.2 Å². The van der Waals surface area contributed by atoms with E-state index in [1.54, 1.807) is 6.92 Å². The van der Waals surface area contributed by atoms with E-state index >= 15 is 0 Å². The molecule has 3 heterocycles. The van der Waals surface area contributed by atoms with Crippen LogP contribution in [-0.2, 0) is 21.8 Å². The number of aromatic nitrogens is 3. The Morgan fingerprint density at radius 1 is 1.21 bits per heavy atom. The van der Waals surface area contributed by atoms with E-state index in [4.69, 9.17) is 5.73 Å². The fraction of sp³-hybridized carbons (Fsp3) is 0.421. The number of amidine groups is 1. The summed E-state index contributed by atoms with van der Waals surface area (Å²) in [5.74, 6) is -1.61. The van der Waals surface area contributed by atoms with Crippen molar-refractivity contribution in [3.8, 4) is 0 Å². The van der Waals surface area contributed by atoms with E-state index in [2.05, 4.69) is 19.9 Å². The molecule has 0 radical (unpaired) electrons. The number of pyridine rings is 1. The Labute approximate surface area is 168 Å². The van der Waals surface area contributed by atoms with Crippen LogP contribution >= 0.6 is 0 Å². The van der Waals surface area contributed by atoms with Gasteiger partial charge < -0.3 is 5.73 Å². The van der Waals surface area contributed by atoms with Gasteiger partial charge in [0.25, 0.3) is 0 Å². The molecule has 1 aliphatic heterocycles. The van der Waals surface area contributed by atoms with E-state index in [-0.39, 0.29) is 35.1 Å². The zero-order valence-electron chi connectivity index (χ0n) is 16.6. The molecule has 8 nitrogen and oxygen atoms in total. The van der Waals surface area contributed by atoms with Crippen molar-refractivity contribution >= 4 is 21.5 Å². The first-order valence-electron chi connectivity index (χ1n) is 8.91. The molecule has 2 aromatic rings. The van der Waals surface area contributed by atoms with Crippen LogP contribution in [0.2, 0.25) is 0 Å². The summed E-state index contributed by atoms with van der Waals surface area (Å²) in [4.78, 5) is 29.0. The highest BCUT2D eigenvalue weighted by Crippen LogP contribution is 2.36. The van der Waals surface area contributed by atoms with Crippen LogP contribution in [0, 0.1) is 12.7 Å². The third-order valence-electron chi connectivity index (χ3n) is 5.05. The lowest BCUT2D eigenvalue weighted by atomic mass is 9.97. The molecule has 0 bridgehead atoms. The molecule has 0 aliphatic carbocycles. The lowest BCUT2D eigenvalue weighted by Gasteiger charge is -2.37. The molecule has 2 aromatic heterocycles. The maximum absolute atomic E-state index is 14.6. The summed E-state index contributed by atoms with van der Waals surface area (Å²) in [7, 11) is -3.71. The molecule has 0 saturated carbocycles. The number of hydrogen-bond acceptors (Lipinski definition) is 8. The van der Waals surface area contributed by atoms with Gasteiger partial charge in [0.1, 0.15) is 33.3 Å². The number of nitrogens with zero attached hydrogens (tertiary/aromatic N) is 4. The minimum atomic E-state index is -3.71. The zero-order valence-corrected chi connectivity index (χ0v) is 17.4. The zero-order chi connectivity index (χ0) is 21.6. The van der Waals surface area contributed by atoms with E-state index in [0.29, 0.717) is 5.69 Å². The van der Waals surface area contributed by atoms with Crippen LogP contribution in [-0.4, -0.2) is 45.5 Å². The van der Waals surface area contributed by atoms with Crippen LogP contribution in [0.15, 0.2) is 29.5 Å². The molecule has 3 rings (SSSR count). The first-order chi connectivity index (χ1) is 13.4. The van der Waals surface area contributed by atoms with Crippen LogP contribution < -0.4 is 5.73 Å². The number of carbonyl (C=O) groups excluding carboxylic acids is 1. The number of rotatable bonds is 4. The molecule has 0 unspecified atom stereocenters. The maximum Gasteiger partial charge on any atom is 0.188 e. The van der Waals surface area contributed by atoms with Gasteiger partial charge in [-0.25, -0.2) is 17.8 Å². The molecular formula is C19H22FN5O3S. The first kappa shape index (κ1) is 21.0. The Morgan fingerprint density at radius 3 is 2.48 bits per heavy atom. The lowest BCUT2D eigenvalue weighted by Crippen LogP contribution is -2.55. The van der Waals surface area contributed by atoms with Crippen molar-refractivity contribution in [2.75, 3.05) is 5.75 Å². The van der Waals surface area contributed by atoms with Crippen LogP contribution in [0.25, 0.3) is 0 Å². The summed E-state index contributed by atoms with van der Waals surface area (Å²) < 4.78 is 38.7. The minimum absolute atomic E-state index is 0.108. The smallest absolute Gasteiger partial charge is 0.188 e. The van der Waals surface area contributed by atoms with Gasteiger partial charge in [0, 0.05) is 11.9 Å². The number of aryl methyl sites for hydroxylation is 1. The van der Waals surface area contributed by atoms with Crippen molar-refractivity contribution in [1.29, 1.82) is 0 Å². The van der Waals surface area contributed by atoms with Gasteiger partial charge in [-0.1, -0.05) is 0 Å². The molecule has 0 fully saturated rings. The quantitative estimate of drug-likeness (QED) is 0.744. The Morgan fingerprint density at radius 2 is 1.90 bits per heavy atom. The SMILES string of the molecule is Cc1cnc(C(=O)Cc2ccc(F)c([C@]3(C)CS(=O)(=O)C(C)(C)C(N)=N3)n2)cn1. The molecule has 154 valence electrons. The first-order valence-corrected chi connectivity index (χ1v) is 10.6. The van der Waals surface area contributed by atoms with Gasteiger partial charge in [-0.05, 0) is 39.8 Å². The van der Waals surface area contributed by atoms with Crippen molar-refractivity contribution in [2.24, 2.45) is 10.7 Å². The molecule has 0 aromatic carbocycles. The summed E-state index contributed by atoms with van der Waals surface area (Å²) in [5, 5.41) is 0. The van der Waals surface area contributed by atoms with Crippen molar-refractivity contribution < 1.29 is 17.6 Å². The molecule has 0 saturated heterocycles. The summed E-state index contributed by atoms with van der Waals surface area (Å²) in [6.45, 7) is 6.14. The molecule has 29 heavy (non-hydrogen) atoms. The van der Waals surface area contributed by atoms with Crippen molar-refractivity contribution in [3.63, 3.8) is 0 Å². The van der Waals surface area contributed by atoms with Crippen molar-refractivity contribution in [2.45, 2.75) is 44.4 Å². The van der Waals surface area contributed by atoms with Gasteiger partial charge in [-0.3, -0.25) is 19.8 Å². The third-order valence-corrected chi connectivity index (χ3v) is 7.76. The van der Waals surface area contributed by atoms with Gasteiger partial charge in [0.15, 0.2) is 15.6 Å². The fourth-order valence-electron chi connectivity index (χ4n) is 3.01. The number of halogens is 1. The molecule has 1 aliphatic rings. The standard InChI is InChI=1S/C19H22FN5O3S/c1-11-8-23-14(9-22-11)15(26)7-12-5-6-13(20)16(24-12)19(4)10-29(27,28)18(2,3)17(21)25-19/h5-6,8-9H,7,10H2,1-4H3,(H2,21,25)/t19-/m0/s1. The Balaban J connectivity index is 1.98. The molecule has 2 N–H and O–H groups in total. The van der Waals surface area contributed by atoms with Gasteiger partial charge >= 0.3 is 0 Å². The van der Waals surface area contributed by atoms with Crippen LogP contribution in [0.4, 0.5) is 4.39 Å². The van der Waals surface area contributed by atoms with E-state index < -0.39 is 31.7 Å². The Kier molecular flexibility index (Phi) is 5.02. The molecule has 1 atom stereocenters. The summed E-state index contributed by atoms with van der Waals surface area (Å²) in [5.41, 5.74) is 5.36. The Bertz CT molecular complexity index is 1110. The van der Waals surface area contributed by atoms with Gasteiger partial charge in [-0.2, -0.15) is 0 Å². The second-order valence-corrected chi connectivity index (χ2v) is 10.4. The van der Waals surface area contributed by atoms with Crippen molar-refractivity contribution in [1.82, 2.24) is 15.0 Å². The topological polar surface area (TPSA) is 128 Å². The average molecular weight is 419 g/mol. The highest BCUT2D eigenvalue weighted by molar-refractivity contribution is 7.93. The highest BCUT2D eigenvalue weighted by Gasteiger charge is 2.50. The van der Waals surface area contributed by atoms with Gasteiger partial charge in [-0.15, -0.1) is 0 Å². The second kappa shape index (κ2) is 6.94. The van der Waals surface area contributed by atoms with E-state index in [1.807, 2.05) is 0 Å². The van der Waals surface area contributed by atoms with Crippen LogP contribution in [0.5, 0.6) is 0 Å². The second-order valence-electron chi connectivity index (χ2n) is 7.82. The predicted molar refractivity (Wildman–Crippen MR) is 106 cm³/mol. The summed E-state index contributed by atoms with van der Waals surface area (Å²) >= 11 is 0. The number of carbonyl (C=O) groups is 1.